The van der Waals surface area contributed by atoms with E-state index in [0.29, 0.717) is 17.3 Å². The number of halogens is 1. The van der Waals surface area contributed by atoms with Crippen molar-refractivity contribution in [3.63, 3.8) is 0 Å². The van der Waals surface area contributed by atoms with E-state index in [2.05, 4.69) is 20.2 Å². The molecule has 7 heteroatoms. The second-order valence-corrected chi connectivity index (χ2v) is 6.00. The number of H-pyrrole nitrogens is 1. The van der Waals surface area contributed by atoms with Crippen LogP contribution in [0.25, 0.3) is 44.9 Å². The molecule has 3 aromatic heterocycles. The molecule has 0 unspecified atom stereocenters. The van der Waals surface area contributed by atoms with Gasteiger partial charge in [-0.25, -0.2) is 9.37 Å². The van der Waals surface area contributed by atoms with E-state index in [4.69, 9.17) is 9.40 Å². The Bertz CT molecular complexity index is 1230. The number of benzene rings is 2. The van der Waals surface area contributed by atoms with Crippen LogP contribution in [0.5, 0.6) is 0 Å². The summed E-state index contributed by atoms with van der Waals surface area (Å²) in [6.07, 6.45) is 6.56. The molecule has 0 aliphatic carbocycles. The maximum atomic E-state index is 13.2. The van der Waals surface area contributed by atoms with Crippen molar-refractivity contribution in [3.05, 3.63) is 73.3 Å². The molecule has 0 spiro atoms. The highest BCUT2D eigenvalue weighted by Crippen LogP contribution is 2.31. The molecular weight excluding hydrogens is 345 g/mol. The molecule has 3 heterocycles. The molecule has 0 fully saturated rings. The summed E-state index contributed by atoms with van der Waals surface area (Å²) in [6, 6.07) is 12.0. The molecule has 0 aliphatic heterocycles. The molecule has 0 amide bonds. The third-order valence-electron chi connectivity index (χ3n) is 4.34. The summed E-state index contributed by atoms with van der Waals surface area (Å²) in [5, 5.41) is 8.65. The van der Waals surface area contributed by atoms with Crippen molar-refractivity contribution in [2.45, 2.75) is 0 Å². The minimum Gasteiger partial charge on any atom is -0.423 e. The van der Waals surface area contributed by atoms with Crippen LogP contribution in [0.1, 0.15) is 0 Å². The van der Waals surface area contributed by atoms with Gasteiger partial charge in [-0.2, -0.15) is 0 Å². The number of hydrogen-bond donors (Lipinski definition) is 1. The fourth-order valence-electron chi connectivity index (χ4n) is 3.02. The summed E-state index contributed by atoms with van der Waals surface area (Å²) in [6.45, 7) is 0. The molecular formula is C20H12FN5O. The smallest absolute Gasteiger partial charge is 0.247 e. The van der Waals surface area contributed by atoms with E-state index >= 15 is 0 Å². The molecule has 27 heavy (non-hydrogen) atoms. The molecule has 5 rings (SSSR count). The molecule has 0 radical (unpaired) electrons. The fourth-order valence-corrected chi connectivity index (χ4v) is 3.02. The number of fused-ring (bicyclic) bond motifs is 1. The van der Waals surface area contributed by atoms with Crippen LogP contribution in [0, 0.1) is 5.82 Å². The van der Waals surface area contributed by atoms with E-state index < -0.39 is 0 Å². The predicted octanol–water partition coefficient (Wildman–Crippen LogP) is 4.48. The lowest BCUT2D eigenvalue weighted by atomic mass is 10.1. The molecule has 130 valence electrons. The average Bonchev–Trinajstić information content (AvgIpc) is 3.38. The van der Waals surface area contributed by atoms with Crippen LogP contribution < -0.4 is 0 Å². The number of hydrogen-bond acceptors (Lipinski definition) is 5. The Morgan fingerprint density at radius 3 is 2.56 bits per heavy atom. The second-order valence-electron chi connectivity index (χ2n) is 6.00. The Labute approximate surface area is 152 Å². The van der Waals surface area contributed by atoms with Gasteiger partial charge in [-0.15, -0.1) is 10.2 Å². The average molecular weight is 357 g/mol. The van der Waals surface area contributed by atoms with Crippen molar-refractivity contribution in [2.75, 3.05) is 0 Å². The van der Waals surface area contributed by atoms with E-state index in [1.165, 1.54) is 18.5 Å². The van der Waals surface area contributed by atoms with Crippen LogP contribution in [0.15, 0.2) is 71.9 Å². The van der Waals surface area contributed by atoms with Gasteiger partial charge in [-0.3, -0.25) is 4.98 Å². The van der Waals surface area contributed by atoms with Gasteiger partial charge >= 0.3 is 0 Å². The van der Waals surface area contributed by atoms with E-state index in [-0.39, 0.29) is 5.82 Å². The number of nitrogens with zero attached hydrogens (tertiary/aromatic N) is 4. The van der Waals surface area contributed by atoms with Gasteiger partial charge in [0.25, 0.3) is 0 Å². The van der Waals surface area contributed by atoms with E-state index in [9.17, 15) is 4.39 Å². The van der Waals surface area contributed by atoms with Gasteiger partial charge in [-0.1, -0.05) is 0 Å². The van der Waals surface area contributed by atoms with Crippen LogP contribution in [-0.4, -0.2) is 25.1 Å². The summed E-state index contributed by atoms with van der Waals surface area (Å²) in [7, 11) is 0. The fraction of sp³-hybridized carbons (Fsp3) is 0. The highest BCUT2D eigenvalue weighted by molar-refractivity contribution is 5.96. The number of aromatic amines is 1. The highest BCUT2D eigenvalue weighted by atomic mass is 19.1. The maximum absolute atomic E-state index is 13.2. The molecule has 1 N–H and O–H groups in total. The molecule has 0 atom stereocenters. The lowest BCUT2D eigenvalue weighted by Gasteiger charge is -2.04. The first kappa shape index (κ1) is 15.4. The monoisotopic (exact) mass is 357 g/mol. The van der Waals surface area contributed by atoms with Crippen LogP contribution in [0.4, 0.5) is 4.39 Å². The zero-order valence-electron chi connectivity index (χ0n) is 13.9. The summed E-state index contributed by atoms with van der Waals surface area (Å²) >= 11 is 0. The Morgan fingerprint density at radius 2 is 1.74 bits per heavy atom. The van der Waals surface area contributed by atoms with Crippen LogP contribution in [0.2, 0.25) is 0 Å². The van der Waals surface area contributed by atoms with Crippen molar-refractivity contribution in [2.24, 2.45) is 0 Å². The van der Waals surface area contributed by atoms with Gasteiger partial charge in [0.2, 0.25) is 12.3 Å². The third kappa shape index (κ3) is 2.75. The number of aromatic nitrogens is 5. The van der Waals surface area contributed by atoms with Crippen molar-refractivity contribution < 1.29 is 8.81 Å². The van der Waals surface area contributed by atoms with Crippen LogP contribution >= 0.6 is 0 Å². The lowest BCUT2D eigenvalue weighted by molar-refractivity contribution is 0.569. The molecule has 0 bridgehead atoms. The molecule has 0 saturated carbocycles. The van der Waals surface area contributed by atoms with Gasteiger partial charge in [0.15, 0.2) is 0 Å². The molecule has 5 aromatic rings. The SMILES string of the molecule is Fc1ccc(-c2cncc(-c3c[nH]c4ccc(-c5nnco5)cc34)n2)cc1. The Kier molecular flexibility index (Phi) is 3.50. The lowest BCUT2D eigenvalue weighted by Crippen LogP contribution is -1.90. The predicted molar refractivity (Wildman–Crippen MR) is 98.0 cm³/mol. The number of rotatable bonds is 3. The van der Waals surface area contributed by atoms with Crippen molar-refractivity contribution in [3.8, 4) is 34.0 Å². The van der Waals surface area contributed by atoms with Crippen LogP contribution in [-0.2, 0) is 0 Å². The van der Waals surface area contributed by atoms with E-state index in [0.717, 1.165) is 27.6 Å². The normalized spacial score (nSPS) is 11.1. The molecule has 2 aromatic carbocycles. The van der Waals surface area contributed by atoms with Crippen molar-refractivity contribution in [1.29, 1.82) is 0 Å². The molecule has 6 nitrogen and oxygen atoms in total. The van der Waals surface area contributed by atoms with Crippen molar-refractivity contribution in [1.82, 2.24) is 25.1 Å². The summed E-state index contributed by atoms with van der Waals surface area (Å²) < 4.78 is 18.5. The first-order valence-corrected chi connectivity index (χ1v) is 8.24. The quantitative estimate of drug-likeness (QED) is 0.515. The zero-order chi connectivity index (χ0) is 18.2. The van der Waals surface area contributed by atoms with Gasteiger partial charge < -0.3 is 9.40 Å². The molecule has 0 aliphatic rings. The Morgan fingerprint density at radius 1 is 0.926 bits per heavy atom. The van der Waals surface area contributed by atoms with E-state index in [1.807, 2.05) is 24.4 Å². The van der Waals surface area contributed by atoms with Gasteiger partial charge in [0, 0.05) is 33.8 Å². The largest absolute Gasteiger partial charge is 0.423 e. The Balaban J connectivity index is 1.62. The summed E-state index contributed by atoms with van der Waals surface area (Å²) in [4.78, 5) is 12.3. The molecule has 0 saturated heterocycles. The minimum atomic E-state index is -0.284. The standard InChI is InChI=1S/C20H12FN5O/c21-14-4-1-12(2-5-14)18-9-22-10-19(25-18)16-8-23-17-6-3-13(7-15(16)17)20-26-24-11-27-20/h1-11,23H. The summed E-state index contributed by atoms with van der Waals surface area (Å²) in [5.74, 6) is 0.170. The zero-order valence-corrected chi connectivity index (χ0v) is 13.9. The maximum Gasteiger partial charge on any atom is 0.247 e. The minimum absolute atomic E-state index is 0.284. The van der Waals surface area contributed by atoms with Gasteiger partial charge in [0.05, 0.1) is 23.8 Å². The second kappa shape index (κ2) is 6.14. The number of nitrogens with one attached hydrogen (secondary N) is 1. The van der Waals surface area contributed by atoms with Crippen LogP contribution in [0.3, 0.4) is 0 Å². The Hall–Kier alpha value is -3.87. The highest BCUT2D eigenvalue weighted by Gasteiger charge is 2.12. The van der Waals surface area contributed by atoms with Crippen molar-refractivity contribution >= 4 is 10.9 Å². The van der Waals surface area contributed by atoms with Gasteiger partial charge in [0.1, 0.15) is 5.82 Å². The topological polar surface area (TPSA) is 80.5 Å². The third-order valence-corrected chi connectivity index (χ3v) is 4.34. The first-order chi connectivity index (χ1) is 13.3. The first-order valence-electron chi connectivity index (χ1n) is 8.24. The van der Waals surface area contributed by atoms with E-state index in [1.54, 1.807) is 24.5 Å². The van der Waals surface area contributed by atoms with Gasteiger partial charge in [-0.05, 0) is 42.5 Å². The summed E-state index contributed by atoms with van der Waals surface area (Å²) in [5.41, 5.74) is 4.88.